The lowest BCUT2D eigenvalue weighted by Gasteiger charge is -2.23. The highest BCUT2D eigenvalue weighted by Crippen LogP contribution is 2.32. The van der Waals surface area contributed by atoms with Gasteiger partial charge in [-0.1, -0.05) is 23.7 Å². The second-order valence-corrected chi connectivity index (χ2v) is 8.15. The summed E-state index contributed by atoms with van der Waals surface area (Å²) in [6.45, 7) is 9.13. The predicted octanol–water partition coefficient (Wildman–Crippen LogP) is 4.00. The van der Waals surface area contributed by atoms with E-state index in [0.29, 0.717) is 22.5 Å². The van der Waals surface area contributed by atoms with Gasteiger partial charge in [0.05, 0.1) is 11.7 Å². The van der Waals surface area contributed by atoms with Gasteiger partial charge in [0.25, 0.3) is 0 Å². The fraction of sp³-hybridized carbons (Fsp3) is 0.381. The third-order valence-corrected chi connectivity index (χ3v) is 4.63. The molecule has 0 saturated carbocycles. The van der Waals surface area contributed by atoms with Crippen LogP contribution in [-0.4, -0.2) is 39.9 Å². The van der Waals surface area contributed by atoms with Gasteiger partial charge in [0.1, 0.15) is 11.9 Å². The Kier molecular flexibility index (Phi) is 7.93. The summed E-state index contributed by atoms with van der Waals surface area (Å²) in [6.07, 6.45) is 3.81. The first kappa shape index (κ1) is 24.1. The molecule has 1 aromatic carbocycles. The van der Waals surface area contributed by atoms with Gasteiger partial charge in [0, 0.05) is 30.0 Å². The van der Waals surface area contributed by atoms with E-state index in [4.69, 9.17) is 22.1 Å². The van der Waals surface area contributed by atoms with Crippen LogP contribution in [0.1, 0.15) is 44.9 Å². The average molecular weight is 446 g/mol. The van der Waals surface area contributed by atoms with Crippen molar-refractivity contribution in [1.82, 2.24) is 20.3 Å². The van der Waals surface area contributed by atoms with Crippen LogP contribution in [0.5, 0.6) is 0 Å². The maximum Gasteiger partial charge on any atom is 0.408 e. The van der Waals surface area contributed by atoms with Crippen LogP contribution >= 0.6 is 11.6 Å². The maximum atomic E-state index is 12.1. The minimum Gasteiger partial charge on any atom is -0.444 e. The summed E-state index contributed by atoms with van der Waals surface area (Å²) in [7, 11) is 1.63. The number of aromatic nitrogens is 3. The molecule has 1 heterocycles. The van der Waals surface area contributed by atoms with Crippen molar-refractivity contribution in [3.8, 4) is 11.4 Å². The Morgan fingerprint density at radius 2 is 2.03 bits per heavy atom. The molecule has 9 nitrogen and oxygen atoms in total. The number of rotatable bonds is 6. The van der Waals surface area contributed by atoms with Gasteiger partial charge in [-0.15, -0.1) is 0 Å². The number of nitrogens with two attached hydrogens (primary N) is 1. The number of anilines is 1. The summed E-state index contributed by atoms with van der Waals surface area (Å²) in [5, 5.41) is 6.29. The van der Waals surface area contributed by atoms with Crippen LogP contribution in [-0.2, 0) is 4.74 Å². The number of halogens is 1. The zero-order valence-corrected chi connectivity index (χ0v) is 19.3. The highest BCUT2D eigenvalue weighted by molar-refractivity contribution is 6.32. The first-order valence-corrected chi connectivity index (χ1v) is 10.0. The summed E-state index contributed by atoms with van der Waals surface area (Å²) in [5.41, 5.74) is 7.81. The fourth-order valence-corrected chi connectivity index (χ4v) is 3.04. The molecule has 0 aliphatic carbocycles. The van der Waals surface area contributed by atoms with Crippen molar-refractivity contribution in [1.29, 1.82) is 0 Å². The highest BCUT2D eigenvalue weighted by Gasteiger charge is 2.21. The summed E-state index contributed by atoms with van der Waals surface area (Å²) >= 11 is 6.63. The van der Waals surface area contributed by atoms with Crippen molar-refractivity contribution in [2.24, 2.45) is 10.7 Å². The Balaban J connectivity index is 2.28. The molecule has 1 aromatic heterocycles. The SMILES string of the molecule is CN=C/C(=C\N)Nc1ncnc(-c2ccc([C@@H](C)NC(=O)OC(C)(C)C)c(Cl)c2C)n1. The van der Waals surface area contributed by atoms with E-state index >= 15 is 0 Å². The van der Waals surface area contributed by atoms with Crippen molar-refractivity contribution >= 4 is 29.9 Å². The van der Waals surface area contributed by atoms with Crippen molar-refractivity contribution in [3.05, 3.63) is 46.5 Å². The Labute approximate surface area is 187 Å². The van der Waals surface area contributed by atoms with Crippen LogP contribution in [0.3, 0.4) is 0 Å². The van der Waals surface area contributed by atoms with Gasteiger partial charge in [-0.3, -0.25) is 4.99 Å². The molecule has 0 saturated heterocycles. The number of aliphatic imine (C=N–C) groups is 1. The number of nitrogens with zero attached hydrogens (tertiary/aromatic N) is 4. The van der Waals surface area contributed by atoms with E-state index in [0.717, 1.165) is 16.7 Å². The molecule has 0 aliphatic heterocycles. The number of nitrogens with one attached hydrogen (secondary N) is 2. The molecule has 0 radical (unpaired) electrons. The Morgan fingerprint density at radius 3 is 2.65 bits per heavy atom. The van der Waals surface area contributed by atoms with Crippen LogP contribution in [0.4, 0.5) is 10.7 Å². The van der Waals surface area contributed by atoms with Crippen LogP contribution in [0.25, 0.3) is 11.4 Å². The molecular formula is C21H28ClN7O2. The monoisotopic (exact) mass is 445 g/mol. The lowest BCUT2D eigenvalue weighted by Crippen LogP contribution is -2.34. The minimum absolute atomic E-state index is 0.321. The van der Waals surface area contributed by atoms with Crippen LogP contribution in [0.15, 0.2) is 35.3 Å². The second-order valence-electron chi connectivity index (χ2n) is 7.78. The third kappa shape index (κ3) is 6.65. The lowest BCUT2D eigenvalue weighted by molar-refractivity contribution is 0.0508. The molecule has 0 unspecified atom stereocenters. The fourth-order valence-electron chi connectivity index (χ4n) is 2.72. The first-order chi connectivity index (χ1) is 14.6. The largest absolute Gasteiger partial charge is 0.444 e. The number of hydrogen-bond donors (Lipinski definition) is 3. The van der Waals surface area contributed by atoms with Crippen molar-refractivity contribution in [2.75, 3.05) is 12.4 Å². The summed E-state index contributed by atoms with van der Waals surface area (Å²) < 4.78 is 5.31. The molecular weight excluding hydrogens is 418 g/mol. The maximum absolute atomic E-state index is 12.1. The molecule has 2 aromatic rings. The number of carbonyl (C=O) groups excluding carboxylic acids is 1. The van der Waals surface area contributed by atoms with Gasteiger partial charge in [0.2, 0.25) is 5.95 Å². The zero-order chi connectivity index (χ0) is 23.2. The van der Waals surface area contributed by atoms with Gasteiger partial charge < -0.3 is 21.1 Å². The molecule has 2 rings (SSSR count). The van der Waals surface area contributed by atoms with E-state index in [1.165, 1.54) is 12.5 Å². The van der Waals surface area contributed by atoms with Crippen molar-refractivity contribution in [2.45, 2.75) is 46.3 Å². The number of ether oxygens (including phenoxy) is 1. The van der Waals surface area contributed by atoms with Gasteiger partial charge in [-0.05, 0) is 45.7 Å². The van der Waals surface area contributed by atoms with Gasteiger partial charge in [-0.2, -0.15) is 4.98 Å². The topological polar surface area (TPSA) is 127 Å². The number of allylic oxidation sites excluding steroid dienone is 1. The smallest absolute Gasteiger partial charge is 0.408 e. The molecule has 0 fully saturated rings. The minimum atomic E-state index is -0.584. The number of hydrogen-bond acceptors (Lipinski definition) is 8. The van der Waals surface area contributed by atoms with Gasteiger partial charge >= 0.3 is 6.09 Å². The van der Waals surface area contributed by atoms with E-state index < -0.39 is 11.7 Å². The van der Waals surface area contributed by atoms with E-state index in [1.807, 2.05) is 46.8 Å². The molecule has 166 valence electrons. The molecule has 4 N–H and O–H groups in total. The molecule has 0 spiro atoms. The van der Waals surface area contributed by atoms with Crippen LogP contribution in [0, 0.1) is 6.92 Å². The van der Waals surface area contributed by atoms with Crippen LogP contribution in [0.2, 0.25) is 5.02 Å². The second kappa shape index (κ2) is 10.2. The highest BCUT2D eigenvalue weighted by atomic mass is 35.5. The quantitative estimate of drug-likeness (QED) is 0.573. The van der Waals surface area contributed by atoms with Gasteiger partial charge in [-0.25, -0.2) is 14.8 Å². The van der Waals surface area contributed by atoms with Crippen molar-refractivity contribution < 1.29 is 9.53 Å². The first-order valence-electron chi connectivity index (χ1n) is 9.64. The lowest BCUT2D eigenvalue weighted by atomic mass is 10.0. The third-order valence-electron chi connectivity index (χ3n) is 4.13. The van der Waals surface area contributed by atoms with E-state index in [-0.39, 0.29) is 6.04 Å². The Bertz CT molecular complexity index is 1000. The summed E-state index contributed by atoms with van der Waals surface area (Å²) in [5.74, 6) is 0.766. The van der Waals surface area contributed by atoms with E-state index in [1.54, 1.807) is 13.3 Å². The summed E-state index contributed by atoms with van der Waals surface area (Å²) in [4.78, 5) is 28.8. The summed E-state index contributed by atoms with van der Waals surface area (Å²) in [6, 6.07) is 3.34. The molecule has 0 aliphatic rings. The predicted molar refractivity (Wildman–Crippen MR) is 123 cm³/mol. The zero-order valence-electron chi connectivity index (χ0n) is 18.5. The Hall–Kier alpha value is -3.20. The number of carbonyl (C=O) groups is 1. The number of alkyl carbamates (subject to hydrolysis) is 1. The van der Waals surface area contributed by atoms with E-state index in [9.17, 15) is 4.79 Å². The van der Waals surface area contributed by atoms with Crippen molar-refractivity contribution in [3.63, 3.8) is 0 Å². The standard InChI is InChI=1S/C21H28ClN7O2/c1-12-15(18-25-11-26-19(29-18)28-14(9-23)10-24-6)7-8-16(17(12)22)13(2)27-20(30)31-21(3,4)5/h7-11,13H,23H2,1-6H3,(H,27,30)(H,25,26,28,29)/b14-9+,24-10?/t13-/m1/s1. The van der Waals surface area contributed by atoms with E-state index in [2.05, 4.69) is 30.6 Å². The Morgan fingerprint density at radius 1 is 1.32 bits per heavy atom. The molecule has 0 bridgehead atoms. The molecule has 1 amide bonds. The molecule has 1 atom stereocenters. The number of benzene rings is 1. The molecule has 10 heteroatoms. The average Bonchev–Trinajstić information content (AvgIpc) is 2.68. The number of amides is 1. The normalized spacial score (nSPS) is 13.2. The van der Waals surface area contributed by atoms with Crippen LogP contribution < -0.4 is 16.4 Å². The molecule has 31 heavy (non-hydrogen) atoms. The van der Waals surface area contributed by atoms with Gasteiger partial charge in [0.15, 0.2) is 5.82 Å².